The minimum absolute atomic E-state index is 0.0112. The Labute approximate surface area is 160 Å². The number of esters is 1. The van der Waals surface area contributed by atoms with Crippen LogP contribution < -0.4 is 10.6 Å². The molecule has 2 N–H and O–H groups in total. The van der Waals surface area contributed by atoms with Crippen LogP contribution in [-0.2, 0) is 9.53 Å². The van der Waals surface area contributed by atoms with Crippen LogP contribution in [0.3, 0.4) is 0 Å². The fourth-order valence-corrected chi connectivity index (χ4v) is 2.30. The molecule has 0 saturated heterocycles. The van der Waals surface area contributed by atoms with Gasteiger partial charge in [0.2, 0.25) is 0 Å². The Morgan fingerprint density at radius 1 is 0.963 bits per heavy atom. The summed E-state index contributed by atoms with van der Waals surface area (Å²) in [6.45, 7) is 1.32. The summed E-state index contributed by atoms with van der Waals surface area (Å²) < 4.78 is 5.09. The van der Waals surface area contributed by atoms with Crippen molar-refractivity contribution in [1.29, 1.82) is 0 Å². The van der Waals surface area contributed by atoms with Crippen LogP contribution in [0.25, 0.3) is 0 Å². The molecular formula is C19H17ClN2O5. The Balaban J connectivity index is 2.20. The summed E-state index contributed by atoms with van der Waals surface area (Å²) in [4.78, 5) is 48.1. The first-order valence-corrected chi connectivity index (χ1v) is 8.34. The van der Waals surface area contributed by atoms with E-state index in [4.69, 9.17) is 16.3 Å². The highest BCUT2D eigenvalue weighted by Gasteiger charge is 2.24. The average molecular weight is 389 g/mol. The molecule has 7 nitrogen and oxygen atoms in total. The van der Waals surface area contributed by atoms with Gasteiger partial charge in [0.1, 0.15) is 0 Å². The minimum atomic E-state index is -1.23. The van der Waals surface area contributed by atoms with E-state index in [-0.39, 0.29) is 16.9 Å². The van der Waals surface area contributed by atoms with Crippen molar-refractivity contribution >= 4 is 35.3 Å². The maximum atomic E-state index is 12.7. The van der Waals surface area contributed by atoms with Crippen molar-refractivity contribution in [2.45, 2.75) is 13.0 Å². The van der Waals surface area contributed by atoms with Crippen molar-refractivity contribution in [2.24, 2.45) is 0 Å². The summed E-state index contributed by atoms with van der Waals surface area (Å²) in [6.07, 6.45) is -1.23. The van der Waals surface area contributed by atoms with E-state index in [1.165, 1.54) is 26.1 Å². The lowest BCUT2D eigenvalue weighted by atomic mass is 9.98. The van der Waals surface area contributed by atoms with Crippen LogP contribution in [0.1, 0.15) is 33.2 Å². The fraction of sp³-hybridized carbons (Fsp3) is 0.158. The number of imide groups is 1. The molecule has 3 amide bonds. The van der Waals surface area contributed by atoms with E-state index in [0.717, 1.165) is 0 Å². The van der Waals surface area contributed by atoms with Crippen molar-refractivity contribution in [2.75, 3.05) is 7.05 Å². The summed E-state index contributed by atoms with van der Waals surface area (Å²) in [7, 11) is 1.35. The normalized spacial score (nSPS) is 11.2. The number of rotatable bonds is 5. The molecule has 8 heteroatoms. The van der Waals surface area contributed by atoms with E-state index >= 15 is 0 Å². The summed E-state index contributed by atoms with van der Waals surface area (Å²) in [5, 5.41) is 4.71. The van der Waals surface area contributed by atoms with Gasteiger partial charge >= 0.3 is 12.0 Å². The summed E-state index contributed by atoms with van der Waals surface area (Å²) in [5.74, 6) is -2.03. The summed E-state index contributed by atoms with van der Waals surface area (Å²) in [5.41, 5.74) is 0.492. The largest absolute Gasteiger partial charge is 0.449 e. The van der Waals surface area contributed by atoms with Crippen LogP contribution in [0, 0.1) is 0 Å². The number of hydrogen-bond acceptors (Lipinski definition) is 5. The lowest BCUT2D eigenvalue weighted by Gasteiger charge is -2.14. The van der Waals surface area contributed by atoms with Gasteiger partial charge in [0, 0.05) is 23.2 Å². The molecule has 0 aliphatic heterocycles. The maximum absolute atomic E-state index is 12.7. The maximum Gasteiger partial charge on any atom is 0.339 e. The number of carbonyl (C=O) groups is 4. The van der Waals surface area contributed by atoms with E-state index in [1.807, 2.05) is 5.32 Å². The van der Waals surface area contributed by atoms with E-state index in [2.05, 4.69) is 5.32 Å². The quantitative estimate of drug-likeness (QED) is 0.605. The predicted octanol–water partition coefficient (Wildman–Crippen LogP) is 2.57. The molecule has 0 aliphatic rings. The van der Waals surface area contributed by atoms with Crippen molar-refractivity contribution in [1.82, 2.24) is 10.6 Å². The van der Waals surface area contributed by atoms with Crippen LogP contribution in [0.4, 0.5) is 4.79 Å². The number of nitrogens with one attached hydrogen (secondary N) is 2. The third-order valence-corrected chi connectivity index (χ3v) is 3.87. The van der Waals surface area contributed by atoms with Crippen molar-refractivity contribution in [3.63, 3.8) is 0 Å². The molecule has 1 atom stereocenters. The molecule has 0 radical (unpaired) electrons. The number of halogens is 1. The number of benzene rings is 2. The highest BCUT2D eigenvalue weighted by atomic mass is 35.5. The van der Waals surface area contributed by atoms with Gasteiger partial charge in [-0.3, -0.25) is 14.9 Å². The lowest BCUT2D eigenvalue weighted by Crippen LogP contribution is -2.43. The predicted molar refractivity (Wildman–Crippen MR) is 98.8 cm³/mol. The molecule has 1 unspecified atom stereocenters. The van der Waals surface area contributed by atoms with Crippen LogP contribution in [0.5, 0.6) is 0 Å². The van der Waals surface area contributed by atoms with Gasteiger partial charge in [-0.1, -0.05) is 29.8 Å². The Morgan fingerprint density at radius 3 is 2.15 bits per heavy atom. The number of urea groups is 1. The first-order valence-electron chi connectivity index (χ1n) is 7.96. The molecule has 0 saturated carbocycles. The number of ether oxygens (including phenoxy) is 1. The highest BCUT2D eigenvalue weighted by Crippen LogP contribution is 2.18. The first kappa shape index (κ1) is 20.1. The van der Waals surface area contributed by atoms with E-state index < -0.39 is 24.0 Å². The molecule has 2 aromatic carbocycles. The average Bonchev–Trinajstić information content (AvgIpc) is 2.67. The molecule has 2 aromatic rings. The number of ketones is 1. The van der Waals surface area contributed by atoms with Crippen LogP contribution in [0.2, 0.25) is 5.02 Å². The second-order valence-corrected chi connectivity index (χ2v) is 5.93. The minimum Gasteiger partial charge on any atom is -0.449 e. The number of hydrogen-bond donors (Lipinski definition) is 2. The van der Waals surface area contributed by atoms with E-state index in [1.54, 1.807) is 36.4 Å². The molecule has 0 aromatic heterocycles. The second-order valence-electron chi connectivity index (χ2n) is 5.50. The van der Waals surface area contributed by atoms with E-state index in [9.17, 15) is 19.2 Å². The van der Waals surface area contributed by atoms with Crippen molar-refractivity contribution < 1.29 is 23.9 Å². The first-order chi connectivity index (χ1) is 12.8. The zero-order valence-electron chi connectivity index (χ0n) is 14.6. The molecule has 0 aliphatic carbocycles. The van der Waals surface area contributed by atoms with Gasteiger partial charge in [-0.25, -0.2) is 9.59 Å². The Bertz CT molecular complexity index is 880. The van der Waals surface area contributed by atoms with Gasteiger partial charge in [-0.15, -0.1) is 0 Å². The number of carbonyl (C=O) groups excluding carboxylic acids is 4. The van der Waals surface area contributed by atoms with Gasteiger partial charge in [-0.2, -0.15) is 0 Å². The van der Waals surface area contributed by atoms with Crippen molar-refractivity contribution in [3.05, 3.63) is 70.2 Å². The standard InChI is InChI=1S/C19H17ClN2O5/c1-11(17(24)22-19(26)21-2)27-18(25)15-6-4-3-5-14(15)16(23)12-7-9-13(20)10-8-12/h3-11H,1-2H3,(H2,21,22,24,26). The van der Waals surface area contributed by atoms with E-state index in [0.29, 0.717) is 10.6 Å². The van der Waals surface area contributed by atoms with Gasteiger partial charge in [0.25, 0.3) is 5.91 Å². The zero-order valence-corrected chi connectivity index (χ0v) is 15.4. The highest BCUT2D eigenvalue weighted by molar-refractivity contribution is 6.30. The Morgan fingerprint density at radius 2 is 1.56 bits per heavy atom. The molecular weight excluding hydrogens is 372 g/mol. The lowest BCUT2D eigenvalue weighted by molar-refractivity contribution is -0.127. The van der Waals surface area contributed by atoms with Crippen LogP contribution in [-0.4, -0.2) is 36.8 Å². The fourth-order valence-electron chi connectivity index (χ4n) is 2.17. The summed E-state index contributed by atoms with van der Waals surface area (Å²) >= 11 is 5.83. The third-order valence-electron chi connectivity index (χ3n) is 3.61. The van der Waals surface area contributed by atoms with Crippen molar-refractivity contribution in [3.8, 4) is 0 Å². The zero-order chi connectivity index (χ0) is 20.0. The number of amides is 3. The Kier molecular flexibility index (Phi) is 6.67. The molecule has 0 spiro atoms. The third kappa shape index (κ3) is 5.15. The summed E-state index contributed by atoms with van der Waals surface area (Å²) in [6, 6.07) is 11.6. The molecule has 140 valence electrons. The smallest absolute Gasteiger partial charge is 0.339 e. The molecule has 2 rings (SSSR count). The Hall–Kier alpha value is -3.19. The SMILES string of the molecule is CNC(=O)NC(=O)C(C)OC(=O)c1ccccc1C(=O)c1ccc(Cl)cc1. The molecule has 0 bridgehead atoms. The van der Waals surface area contributed by atoms with Gasteiger partial charge in [0.15, 0.2) is 11.9 Å². The topological polar surface area (TPSA) is 102 Å². The monoisotopic (exact) mass is 388 g/mol. The van der Waals surface area contributed by atoms with Gasteiger partial charge in [0.05, 0.1) is 5.56 Å². The molecule has 0 fully saturated rings. The molecule has 27 heavy (non-hydrogen) atoms. The molecule has 0 heterocycles. The van der Waals surface area contributed by atoms with Crippen LogP contribution in [0.15, 0.2) is 48.5 Å². The van der Waals surface area contributed by atoms with Gasteiger partial charge in [-0.05, 0) is 37.3 Å². The van der Waals surface area contributed by atoms with Crippen LogP contribution >= 0.6 is 11.6 Å². The second kappa shape index (κ2) is 8.95. The van der Waals surface area contributed by atoms with Gasteiger partial charge < -0.3 is 10.1 Å².